The van der Waals surface area contributed by atoms with E-state index in [1.165, 1.54) is 16.4 Å². The van der Waals surface area contributed by atoms with E-state index in [2.05, 4.69) is 5.10 Å². The molecule has 0 aliphatic carbocycles. The number of fused-ring (bicyclic) bond motifs is 1. The molecule has 1 aliphatic heterocycles. The molecule has 1 aromatic heterocycles. The van der Waals surface area contributed by atoms with Gasteiger partial charge in [0.2, 0.25) is 10.0 Å². The lowest BCUT2D eigenvalue weighted by Gasteiger charge is -2.22. The van der Waals surface area contributed by atoms with Crippen LogP contribution in [0.3, 0.4) is 0 Å². The molecule has 0 amide bonds. The summed E-state index contributed by atoms with van der Waals surface area (Å²) >= 11 is 0. The van der Waals surface area contributed by atoms with Gasteiger partial charge in [-0.3, -0.25) is 4.68 Å². The molecule has 0 atom stereocenters. The van der Waals surface area contributed by atoms with E-state index < -0.39 is 10.0 Å². The van der Waals surface area contributed by atoms with Crippen LogP contribution in [0.25, 0.3) is 11.3 Å². The first kappa shape index (κ1) is 18.8. The fourth-order valence-corrected chi connectivity index (χ4v) is 5.07. The maximum atomic E-state index is 13.3. The number of sulfonamides is 1. The van der Waals surface area contributed by atoms with Crippen LogP contribution in [0.5, 0.6) is 0 Å². The van der Waals surface area contributed by atoms with E-state index >= 15 is 0 Å². The van der Waals surface area contributed by atoms with E-state index in [1.807, 2.05) is 43.7 Å². The number of rotatable bonds is 3. The molecule has 4 rings (SSSR count). The van der Waals surface area contributed by atoms with Gasteiger partial charge in [0, 0.05) is 12.1 Å². The molecular weight excluding hydrogens is 377 g/mol. The summed E-state index contributed by atoms with van der Waals surface area (Å²) < 4.78 is 42.3. The number of nitrogens with zero attached hydrogens (tertiary/aromatic N) is 3. The molecule has 7 heteroatoms. The maximum Gasteiger partial charge on any atom is 0.244 e. The van der Waals surface area contributed by atoms with Crippen LogP contribution in [0, 0.1) is 5.82 Å². The van der Waals surface area contributed by atoms with Crippen LogP contribution in [-0.4, -0.2) is 22.5 Å². The molecule has 0 radical (unpaired) electrons. The summed E-state index contributed by atoms with van der Waals surface area (Å²) in [4.78, 5) is 0.365. The average Bonchev–Trinajstić information content (AvgIpc) is 3.16. The fourth-order valence-electron chi connectivity index (χ4n) is 3.47. The van der Waals surface area contributed by atoms with E-state index in [1.54, 1.807) is 24.3 Å². The Balaban J connectivity index is 1.71. The first-order valence-corrected chi connectivity index (χ1v) is 10.5. The lowest BCUT2D eigenvalue weighted by molar-refractivity contribution is 0.350. The average molecular weight is 399 g/mol. The third-order valence-corrected chi connectivity index (χ3v) is 6.70. The molecule has 0 N–H and O–H groups in total. The number of hydrogen-bond donors (Lipinski definition) is 0. The summed E-state index contributed by atoms with van der Waals surface area (Å²) in [6, 6.07) is 15.2. The first-order valence-electron chi connectivity index (χ1n) is 9.10. The van der Waals surface area contributed by atoms with E-state index in [0.29, 0.717) is 17.1 Å². The molecule has 0 saturated carbocycles. The van der Waals surface area contributed by atoms with Crippen molar-refractivity contribution in [1.82, 2.24) is 14.1 Å². The van der Waals surface area contributed by atoms with Gasteiger partial charge >= 0.3 is 0 Å². The van der Waals surface area contributed by atoms with E-state index in [4.69, 9.17) is 0 Å². The number of aromatic nitrogens is 2. The summed E-state index contributed by atoms with van der Waals surface area (Å²) in [5.41, 5.74) is 2.82. The Labute approximate surface area is 164 Å². The van der Waals surface area contributed by atoms with E-state index in [0.717, 1.165) is 16.8 Å². The van der Waals surface area contributed by atoms with E-state index in [-0.39, 0.29) is 17.9 Å². The standard InChI is InChI=1S/C21H22FN3O2S/c1-21(2,3)25-19(15-8-10-17(22)11-9-15)12-18(23-25)14-24-13-16-6-4-5-7-20(16)28(24,26)27/h4-12H,13-14H2,1-3H3. The molecule has 146 valence electrons. The van der Waals surface area contributed by atoms with Crippen molar-refractivity contribution in [3.05, 3.63) is 71.7 Å². The van der Waals surface area contributed by atoms with Gasteiger partial charge in [0.15, 0.2) is 0 Å². The topological polar surface area (TPSA) is 55.2 Å². The Morgan fingerprint density at radius 3 is 2.39 bits per heavy atom. The lowest BCUT2D eigenvalue weighted by atomic mass is 10.1. The second-order valence-corrected chi connectivity index (χ2v) is 9.90. The number of halogens is 1. The summed E-state index contributed by atoms with van der Waals surface area (Å²) in [5, 5.41) is 4.69. The minimum Gasteiger partial charge on any atom is -0.259 e. The Bertz CT molecular complexity index is 1130. The largest absolute Gasteiger partial charge is 0.259 e. The zero-order valence-corrected chi connectivity index (χ0v) is 16.9. The molecule has 0 fully saturated rings. The van der Waals surface area contributed by atoms with Gasteiger partial charge in [-0.2, -0.15) is 9.40 Å². The van der Waals surface area contributed by atoms with Crippen molar-refractivity contribution in [3.63, 3.8) is 0 Å². The molecule has 1 aliphatic rings. The third-order valence-electron chi connectivity index (χ3n) is 4.81. The highest BCUT2D eigenvalue weighted by Gasteiger charge is 2.35. The third kappa shape index (κ3) is 3.25. The zero-order valence-electron chi connectivity index (χ0n) is 16.1. The molecule has 0 spiro atoms. The van der Waals surface area contributed by atoms with Gasteiger partial charge < -0.3 is 0 Å². The molecule has 0 unspecified atom stereocenters. The van der Waals surface area contributed by atoms with Crippen molar-refractivity contribution in [2.45, 2.75) is 44.3 Å². The number of hydrogen-bond acceptors (Lipinski definition) is 3. The predicted molar refractivity (Wildman–Crippen MR) is 105 cm³/mol. The van der Waals surface area contributed by atoms with Gasteiger partial charge in [-0.05, 0) is 62.7 Å². The van der Waals surface area contributed by atoms with Crippen LogP contribution in [0.1, 0.15) is 32.0 Å². The Morgan fingerprint density at radius 2 is 1.75 bits per heavy atom. The van der Waals surface area contributed by atoms with E-state index in [9.17, 15) is 12.8 Å². The highest BCUT2D eigenvalue weighted by molar-refractivity contribution is 7.89. The summed E-state index contributed by atoms with van der Waals surface area (Å²) in [7, 11) is -3.52. The van der Waals surface area contributed by atoms with Crippen molar-refractivity contribution in [3.8, 4) is 11.3 Å². The second-order valence-electron chi connectivity index (χ2n) is 7.99. The van der Waals surface area contributed by atoms with Crippen LogP contribution in [0.15, 0.2) is 59.5 Å². The van der Waals surface area contributed by atoms with Crippen LogP contribution in [0.4, 0.5) is 4.39 Å². The van der Waals surface area contributed by atoms with Gasteiger partial charge in [0.1, 0.15) is 5.82 Å². The normalized spacial score (nSPS) is 16.3. The highest BCUT2D eigenvalue weighted by Crippen LogP contribution is 2.33. The second kappa shape index (κ2) is 6.53. The van der Waals surface area contributed by atoms with Gasteiger partial charge in [0.25, 0.3) is 0 Å². The zero-order chi connectivity index (χ0) is 20.1. The fraction of sp³-hybridized carbons (Fsp3) is 0.286. The highest BCUT2D eigenvalue weighted by atomic mass is 32.2. The van der Waals surface area contributed by atoms with Crippen LogP contribution >= 0.6 is 0 Å². The Hall–Kier alpha value is -2.51. The summed E-state index contributed by atoms with van der Waals surface area (Å²) in [6.07, 6.45) is 0. The van der Waals surface area contributed by atoms with Crippen molar-refractivity contribution < 1.29 is 12.8 Å². The van der Waals surface area contributed by atoms with Crippen molar-refractivity contribution >= 4 is 10.0 Å². The minimum absolute atomic E-state index is 0.189. The minimum atomic E-state index is -3.52. The molecule has 3 aromatic rings. The first-order chi connectivity index (χ1) is 13.2. The van der Waals surface area contributed by atoms with Crippen molar-refractivity contribution in [1.29, 1.82) is 0 Å². The molecule has 5 nitrogen and oxygen atoms in total. The molecule has 28 heavy (non-hydrogen) atoms. The number of benzene rings is 2. The quantitative estimate of drug-likeness (QED) is 0.665. The van der Waals surface area contributed by atoms with Crippen molar-refractivity contribution in [2.24, 2.45) is 0 Å². The van der Waals surface area contributed by atoms with Crippen LogP contribution in [-0.2, 0) is 28.7 Å². The molecular formula is C21H22FN3O2S. The van der Waals surface area contributed by atoms with Crippen molar-refractivity contribution in [2.75, 3.05) is 0 Å². The monoisotopic (exact) mass is 399 g/mol. The van der Waals surface area contributed by atoms with Crippen LogP contribution < -0.4 is 0 Å². The predicted octanol–water partition coefficient (Wildman–Crippen LogP) is 4.15. The molecule has 0 bridgehead atoms. The summed E-state index contributed by atoms with van der Waals surface area (Å²) in [5.74, 6) is -0.299. The summed E-state index contributed by atoms with van der Waals surface area (Å²) in [6.45, 7) is 6.61. The van der Waals surface area contributed by atoms with Crippen LogP contribution in [0.2, 0.25) is 0 Å². The van der Waals surface area contributed by atoms with Gasteiger partial charge in [0.05, 0.1) is 28.4 Å². The lowest BCUT2D eigenvalue weighted by Crippen LogP contribution is -2.26. The van der Waals surface area contributed by atoms with Gasteiger partial charge in [-0.15, -0.1) is 0 Å². The molecule has 0 saturated heterocycles. The SMILES string of the molecule is CC(C)(C)n1nc(CN2Cc3ccccc3S2(=O)=O)cc1-c1ccc(F)cc1. The molecule has 2 aromatic carbocycles. The van der Waals surface area contributed by atoms with Gasteiger partial charge in [-0.25, -0.2) is 12.8 Å². The smallest absolute Gasteiger partial charge is 0.244 e. The Kier molecular flexibility index (Phi) is 4.39. The van der Waals surface area contributed by atoms with Gasteiger partial charge in [-0.1, -0.05) is 18.2 Å². The molecule has 2 heterocycles. The Morgan fingerprint density at radius 1 is 1.07 bits per heavy atom. The maximum absolute atomic E-state index is 13.3.